The SMILES string of the molecule is CCCCCC1=CCC/C1=N\NC(=O)c1n[nH]c(=O)c2ccccc12. The van der Waals surface area contributed by atoms with Gasteiger partial charge in [0.2, 0.25) is 0 Å². The number of carbonyl (C=O) groups is 1. The van der Waals surface area contributed by atoms with Crippen LogP contribution in [0.1, 0.15) is 55.9 Å². The van der Waals surface area contributed by atoms with Crippen LogP contribution >= 0.6 is 0 Å². The molecule has 0 bridgehead atoms. The van der Waals surface area contributed by atoms with Crippen molar-refractivity contribution in [2.75, 3.05) is 0 Å². The summed E-state index contributed by atoms with van der Waals surface area (Å²) in [4.78, 5) is 24.3. The van der Waals surface area contributed by atoms with E-state index in [1.54, 1.807) is 24.3 Å². The molecule has 2 N–H and O–H groups in total. The number of hydrazone groups is 1. The van der Waals surface area contributed by atoms with Gasteiger partial charge in [0.15, 0.2) is 5.69 Å². The van der Waals surface area contributed by atoms with Gasteiger partial charge in [-0.1, -0.05) is 44.0 Å². The Bertz CT molecular complexity index is 896. The van der Waals surface area contributed by atoms with E-state index in [0.29, 0.717) is 10.8 Å². The fourth-order valence-electron chi connectivity index (χ4n) is 3.06. The molecule has 6 nitrogen and oxygen atoms in total. The van der Waals surface area contributed by atoms with E-state index in [9.17, 15) is 9.59 Å². The van der Waals surface area contributed by atoms with Crippen LogP contribution in [0, 0.1) is 0 Å². The number of amides is 1. The molecule has 1 aromatic heterocycles. The summed E-state index contributed by atoms with van der Waals surface area (Å²) < 4.78 is 0. The topological polar surface area (TPSA) is 87.2 Å². The molecule has 0 fully saturated rings. The third-order valence-electron chi connectivity index (χ3n) is 4.40. The van der Waals surface area contributed by atoms with Crippen molar-refractivity contribution in [1.29, 1.82) is 0 Å². The molecule has 1 aromatic carbocycles. The summed E-state index contributed by atoms with van der Waals surface area (Å²) in [6, 6.07) is 6.92. The van der Waals surface area contributed by atoms with Crippen LogP contribution in [0.25, 0.3) is 10.8 Å². The van der Waals surface area contributed by atoms with Gasteiger partial charge in [0.25, 0.3) is 11.5 Å². The second kappa shape index (κ2) is 7.88. The molecule has 0 saturated heterocycles. The van der Waals surface area contributed by atoms with Gasteiger partial charge in [0.1, 0.15) is 0 Å². The normalized spacial score (nSPS) is 15.6. The number of aromatic amines is 1. The van der Waals surface area contributed by atoms with Crippen molar-refractivity contribution in [2.24, 2.45) is 5.10 Å². The lowest BCUT2D eigenvalue weighted by Gasteiger charge is -2.06. The monoisotopic (exact) mass is 338 g/mol. The highest BCUT2D eigenvalue weighted by molar-refractivity contribution is 6.06. The number of hydrogen-bond acceptors (Lipinski definition) is 4. The first-order valence-corrected chi connectivity index (χ1v) is 8.74. The molecule has 1 amide bonds. The lowest BCUT2D eigenvalue weighted by atomic mass is 10.1. The van der Waals surface area contributed by atoms with Crippen molar-refractivity contribution >= 4 is 22.4 Å². The number of unbranched alkanes of at least 4 members (excludes halogenated alkanes) is 2. The summed E-state index contributed by atoms with van der Waals surface area (Å²) in [7, 11) is 0. The number of rotatable bonds is 6. The van der Waals surface area contributed by atoms with Crippen LogP contribution in [-0.4, -0.2) is 21.8 Å². The molecular weight excluding hydrogens is 316 g/mol. The highest BCUT2D eigenvalue weighted by atomic mass is 16.2. The molecule has 1 aliphatic carbocycles. The minimum Gasteiger partial charge on any atom is -0.267 e. The van der Waals surface area contributed by atoms with Crippen LogP contribution in [0.3, 0.4) is 0 Å². The highest BCUT2D eigenvalue weighted by Crippen LogP contribution is 2.21. The second-order valence-corrected chi connectivity index (χ2v) is 6.17. The highest BCUT2D eigenvalue weighted by Gasteiger charge is 2.16. The van der Waals surface area contributed by atoms with Crippen molar-refractivity contribution in [2.45, 2.75) is 45.4 Å². The zero-order valence-electron chi connectivity index (χ0n) is 14.3. The summed E-state index contributed by atoms with van der Waals surface area (Å²) in [5, 5.41) is 11.5. The summed E-state index contributed by atoms with van der Waals surface area (Å²) in [5.41, 5.74) is 4.63. The molecule has 1 heterocycles. The number of carbonyl (C=O) groups excluding carboxylic acids is 1. The Labute approximate surface area is 146 Å². The van der Waals surface area contributed by atoms with E-state index in [0.717, 1.165) is 31.4 Å². The Balaban J connectivity index is 1.76. The van der Waals surface area contributed by atoms with Gasteiger partial charge in [0.05, 0.1) is 11.1 Å². The van der Waals surface area contributed by atoms with Crippen molar-refractivity contribution < 1.29 is 4.79 Å². The van der Waals surface area contributed by atoms with Crippen LogP contribution in [0.5, 0.6) is 0 Å². The minimum atomic E-state index is -0.417. The summed E-state index contributed by atoms with van der Waals surface area (Å²) >= 11 is 0. The van der Waals surface area contributed by atoms with Crippen molar-refractivity contribution in [1.82, 2.24) is 15.6 Å². The third-order valence-corrected chi connectivity index (χ3v) is 4.40. The molecule has 0 unspecified atom stereocenters. The Kier molecular flexibility index (Phi) is 5.38. The molecule has 0 spiro atoms. The molecule has 3 rings (SSSR count). The lowest BCUT2D eigenvalue weighted by Crippen LogP contribution is -2.23. The molecule has 130 valence electrons. The molecule has 6 heteroatoms. The van der Waals surface area contributed by atoms with E-state index in [2.05, 4.69) is 33.7 Å². The van der Waals surface area contributed by atoms with E-state index in [1.807, 2.05) is 0 Å². The van der Waals surface area contributed by atoms with Gasteiger partial charge < -0.3 is 0 Å². The molecule has 0 atom stereocenters. The Morgan fingerprint density at radius 2 is 2.08 bits per heavy atom. The first-order valence-electron chi connectivity index (χ1n) is 8.74. The number of nitrogens with zero attached hydrogens (tertiary/aromatic N) is 2. The number of fused-ring (bicyclic) bond motifs is 1. The first-order chi connectivity index (χ1) is 12.2. The number of allylic oxidation sites excluding steroid dienone is 2. The Morgan fingerprint density at radius 3 is 2.88 bits per heavy atom. The van der Waals surface area contributed by atoms with Crippen molar-refractivity contribution in [3.05, 3.63) is 52.0 Å². The summed E-state index contributed by atoms with van der Waals surface area (Å²) in [5.74, 6) is -0.417. The molecule has 1 aliphatic rings. The van der Waals surface area contributed by atoms with Gasteiger partial charge in [-0.05, 0) is 37.3 Å². The zero-order valence-corrected chi connectivity index (χ0v) is 14.3. The van der Waals surface area contributed by atoms with Gasteiger partial charge in [-0.2, -0.15) is 10.2 Å². The molecule has 0 saturated carbocycles. The fraction of sp³-hybridized carbons (Fsp3) is 0.368. The minimum absolute atomic E-state index is 0.175. The van der Waals surface area contributed by atoms with Crippen molar-refractivity contribution in [3.63, 3.8) is 0 Å². The van der Waals surface area contributed by atoms with Gasteiger partial charge in [-0.15, -0.1) is 0 Å². The van der Waals surface area contributed by atoms with Crippen LogP contribution in [0.15, 0.2) is 45.8 Å². The third kappa shape index (κ3) is 3.84. The summed E-state index contributed by atoms with van der Waals surface area (Å²) in [6.45, 7) is 2.18. The van der Waals surface area contributed by atoms with Gasteiger partial charge in [-0.3, -0.25) is 9.59 Å². The summed E-state index contributed by atoms with van der Waals surface area (Å²) in [6.07, 6.45) is 8.54. The molecule has 0 aliphatic heterocycles. The average molecular weight is 338 g/mol. The van der Waals surface area contributed by atoms with E-state index in [4.69, 9.17) is 0 Å². The predicted octanol–water partition coefficient (Wildman–Crippen LogP) is 3.31. The molecular formula is C19H22N4O2. The maximum atomic E-state index is 12.5. The Hall–Kier alpha value is -2.76. The number of hydrogen-bond donors (Lipinski definition) is 2. The standard InChI is InChI=1S/C19H22N4O2/c1-2-3-4-8-13-9-7-12-16(13)20-23-19(25)17-14-10-5-6-11-15(14)18(24)22-21-17/h5-6,9-11H,2-4,7-8,12H2,1H3,(H,22,24)(H,23,25)/b20-16+. The van der Waals surface area contributed by atoms with Crippen LogP contribution < -0.4 is 11.0 Å². The largest absolute Gasteiger partial charge is 0.292 e. The second-order valence-electron chi connectivity index (χ2n) is 6.17. The maximum Gasteiger partial charge on any atom is 0.292 e. The molecule has 2 aromatic rings. The van der Waals surface area contributed by atoms with Gasteiger partial charge in [0, 0.05) is 5.39 Å². The van der Waals surface area contributed by atoms with E-state index < -0.39 is 5.91 Å². The van der Waals surface area contributed by atoms with Crippen LogP contribution in [-0.2, 0) is 0 Å². The molecule has 0 radical (unpaired) electrons. The quantitative estimate of drug-likeness (QED) is 0.626. The van der Waals surface area contributed by atoms with Crippen LogP contribution in [0.4, 0.5) is 0 Å². The number of nitrogens with one attached hydrogen (secondary N) is 2. The number of aromatic nitrogens is 2. The van der Waals surface area contributed by atoms with Crippen molar-refractivity contribution in [3.8, 4) is 0 Å². The van der Waals surface area contributed by atoms with E-state index in [1.165, 1.54) is 18.4 Å². The zero-order chi connectivity index (χ0) is 17.6. The van der Waals surface area contributed by atoms with E-state index >= 15 is 0 Å². The fourth-order valence-corrected chi connectivity index (χ4v) is 3.06. The maximum absolute atomic E-state index is 12.5. The van der Waals surface area contributed by atoms with Gasteiger partial charge >= 0.3 is 0 Å². The van der Waals surface area contributed by atoms with E-state index in [-0.39, 0.29) is 11.3 Å². The smallest absolute Gasteiger partial charge is 0.267 e. The Morgan fingerprint density at radius 1 is 1.28 bits per heavy atom. The molecule has 25 heavy (non-hydrogen) atoms. The number of H-pyrrole nitrogens is 1. The lowest BCUT2D eigenvalue weighted by molar-refractivity contribution is 0.0950. The first kappa shape index (κ1) is 17.1. The predicted molar refractivity (Wildman–Crippen MR) is 98.7 cm³/mol. The van der Waals surface area contributed by atoms with Crippen LogP contribution in [0.2, 0.25) is 0 Å². The number of benzene rings is 1. The van der Waals surface area contributed by atoms with Gasteiger partial charge in [-0.25, -0.2) is 10.5 Å². The average Bonchev–Trinajstić information content (AvgIpc) is 3.08.